The van der Waals surface area contributed by atoms with E-state index in [1.807, 2.05) is 6.07 Å². The van der Waals surface area contributed by atoms with Crippen LogP contribution in [-0.2, 0) is 0 Å². The van der Waals surface area contributed by atoms with Gasteiger partial charge in [-0.05, 0) is 12.1 Å². The van der Waals surface area contributed by atoms with Crippen LogP contribution in [0.3, 0.4) is 0 Å². The maximum absolute atomic E-state index is 4.04. The molecule has 1 aromatic rings. The summed E-state index contributed by atoms with van der Waals surface area (Å²) >= 11 is 0. The van der Waals surface area contributed by atoms with Crippen LogP contribution in [0.2, 0.25) is 0 Å². The van der Waals surface area contributed by atoms with E-state index in [1.165, 1.54) is 5.69 Å². The van der Waals surface area contributed by atoms with E-state index in [4.69, 9.17) is 0 Å². The van der Waals surface area contributed by atoms with Crippen LogP contribution in [0, 0.1) is 0 Å². The van der Waals surface area contributed by atoms with E-state index in [0.29, 0.717) is 0 Å². The third-order valence-corrected chi connectivity index (χ3v) is 2.29. The Balaban J connectivity index is 2.20. The zero-order valence-corrected chi connectivity index (χ0v) is 7.66. The molecule has 0 amide bonds. The first-order valence-electron chi connectivity index (χ1n) is 4.59. The molecule has 1 N–H and O–H groups in total. The number of benzene rings is 1. The van der Waals surface area contributed by atoms with Crippen molar-refractivity contribution in [2.45, 2.75) is 0 Å². The third-order valence-electron chi connectivity index (χ3n) is 2.29. The van der Waals surface area contributed by atoms with Gasteiger partial charge < -0.3 is 10.2 Å². The van der Waals surface area contributed by atoms with Gasteiger partial charge in [0.25, 0.3) is 0 Å². The van der Waals surface area contributed by atoms with Gasteiger partial charge in [0.15, 0.2) is 0 Å². The molecule has 0 bridgehead atoms. The molecule has 0 spiro atoms. The quantitative estimate of drug-likeness (QED) is 0.696. The highest BCUT2D eigenvalue weighted by molar-refractivity contribution is 5.52. The summed E-state index contributed by atoms with van der Waals surface area (Å²) in [6, 6.07) is 10.4. The SMILES string of the molecule is C=C1CNCCN1c1ccccc1. The average molecular weight is 174 g/mol. The molecule has 2 rings (SSSR count). The maximum Gasteiger partial charge on any atom is 0.0408 e. The summed E-state index contributed by atoms with van der Waals surface area (Å²) in [4.78, 5) is 2.26. The number of nitrogens with one attached hydrogen (secondary N) is 1. The second kappa shape index (κ2) is 3.62. The van der Waals surface area contributed by atoms with Crippen molar-refractivity contribution in [1.82, 2.24) is 5.32 Å². The van der Waals surface area contributed by atoms with E-state index in [-0.39, 0.29) is 0 Å². The van der Waals surface area contributed by atoms with Gasteiger partial charge in [-0.25, -0.2) is 0 Å². The maximum atomic E-state index is 4.04. The molecular weight excluding hydrogens is 160 g/mol. The zero-order chi connectivity index (χ0) is 9.10. The summed E-state index contributed by atoms with van der Waals surface area (Å²) in [6.45, 7) is 6.99. The largest absolute Gasteiger partial charge is 0.343 e. The highest BCUT2D eigenvalue weighted by atomic mass is 15.2. The van der Waals surface area contributed by atoms with Crippen molar-refractivity contribution >= 4 is 5.69 Å². The molecular formula is C11H14N2. The van der Waals surface area contributed by atoms with E-state index >= 15 is 0 Å². The van der Waals surface area contributed by atoms with Gasteiger partial charge in [-0.15, -0.1) is 0 Å². The van der Waals surface area contributed by atoms with Gasteiger partial charge >= 0.3 is 0 Å². The summed E-state index contributed by atoms with van der Waals surface area (Å²) in [5, 5.41) is 3.29. The molecule has 68 valence electrons. The molecule has 1 aliphatic heterocycles. The van der Waals surface area contributed by atoms with Crippen molar-refractivity contribution in [1.29, 1.82) is 0 Å². The normalized spacial score (nSPS) is 17.5. The van der Waals surface area contributed by atoms with Crippen LogP contribution in [-0.4, -0.2) is 19.6 Å². The molecule has 2 nitrogen and oxygen atoms in total. The van der Waals surface area contributed by atoms with Crippen LogP contribution >= 0.6 is 0 Å². The minimum absolute atomic E-state index is 0.898. The van der Waals surface area contributed by atoms with Crippen molar-refractivity contribution in [3.63, 3.8) is 0 Å². The topological polar surface area (TPSA) is 15.3 Å². The fourth-order valence-electron chi connectivity index (χ4n) is 1.60. The van der Waals surface area contributed by atoms with Crippen LogP contribution in [0.25, 0.3) is 0 Å². The molecule has 1 fully saturated rings. The minimum atomic E-state index is 0.898. The molecule has 1 aromatic carbocycles. The van der Waals surface area contributed by atoms with Crippen LogP contribution in [0.4, 0.5) is 5.69 Å². The summed E-state index contributed by atoms with van der Waals surface area (Å²) in [5.41, 5.74) is 2.39. The van der Waals surface area contributed by atoms with Gasteiger partial charge in [0, 0.05) is 31.0 Å². The van der Waals surface area contributed by atoms with E-state index < -0.39 is 0 Å². The lowest BCUT2D eigenvalue weighted by Crippen LogP contribution is -2.41. The molecule has 0 atom stereocenters. The Kier molecular flexibility index (Phi) is 2.32. The van der Waals surface area contributed by atoms with Crippen LogP contribution in [0.5, 0.6) is 0 Å². The van der Waals surface area contributed by atoms with Gasteiger partial charge in [-0.2, -0.15) is 0 Å². The lowest BCUT2D eigenvalue weighted by atomic mass is 10.2. The molecule has 13 heavy (non-hydrogen) atoms. The molecule has 0 radical (unpaired) electrons. The van der Waals surface area contributed by atoms with E-state index in [1.54, 1.807) is 0 Å². The summed E-state index contributed by atoms with van der Waals surface area (Å²) in [6.07, 6.45) is 0. The Morgan fingerprint density at radius 1 is 1.23 bits per heavy atom. The molecule has 0 unspecified atom stereocenters. The van der Waals surface area contributed by atoms with E-state index in [2.05, 4.69) is 41.1 Å². The Hall–Kier alpha value is -1.28. The van der Waals surface area contributed by atoms with Crippen molar-refractivity contribution < 1.29 is 0 Å². The van der Waals surface area contributed by atoms with Crippen molar-refractivity contribution in [3.05, 3.63) is 42.6 Å². The second-order valence-corrected chi connectivity index (χ2v) is 3.23. The van der Waals surface area contributed by atoms with E-state index in [0.717, 1.165) is 25.3 Å². The Labute approximate surface area is 78.9 Å². The van der Waals surface area contributed by atoms with Crippen LogP contribution in [0.1, 0.15) is 0 Å². The van der Waals surface area contributed by atoms with Crippen molar-refractivity contribution in [2.75, 3.05) is 24.5 Å². The van der Waals surface area contributed by atoms with Gasteiger partial charge in [-0.3, -0.25) is 0 Å². The smallest absolute Gasteiger partial charge is 0.0408 e. The highest BCUT2D eigenvalue weighted by Crippen LogP contribution is 2.18. The molecule has 1 aliphatic rings. The number of rotatable bonds is 1. The highest BCUT2D eigenvalue weighted by Gasteiger charge is 2.13. The van der Waals surface area contributed by atoms with Gasteiger partial charge in [0.1, 0.15) is 0 Å². The predicted molar refractivity (Wildman–Crippen MR) is 55.8 cm³/mol. The fraction of sp³-hybridized carbons (Fsp3) is 0.273. The number of piperazine rings is 1. The number of nitrogens with zero attached hydrogens (tertiary/aromatic N) is 1. The van der Waals surface area contributed by atoms with Crippen molar-refractivity contribution in [3.8, 4) is 0 Å². The molecule has 1 saturated heterocycles. The average Bonchev–Trinajstić information content (AvgIpc) is 2.20. The van der Waals surface area contributed by atoms with Gasteiger partial charge in [0.05, 0.1) is 0 Å². The number of anilines is 1. The summed E-state index contributed by atoms with van der Waals surface area (Å²) in [5.74, 6) is 0. The second-order valence-electron chi connectivity index (χ2n) is 3.23. The van der Waals surface area contributed by atoms with Crippen LogP contribution in [0.15, 0.2) is 42.6 Å². The first kappa shape index (κ1) is 8.32. The van der Waals surface area contributed by atoms with E-state index in [9.17, 15) is 0 Å². The number of hydrogen-bond acceptors (Lipinski definition) is 2. The molecule has 2 heteroatoms. The standard InChI is InChI=1S/C11H14N2/c1-10-9-12-7-8-13(10)11-5-3-2-4-6-11/h2-6,12H,1,7-9H2. The Bertz CT molecular complexity index is 292. The summed E-state index contributed by atoms with van der Waals surface area (Å²) in [7, 11) is 0. The molecule has 0 aliphatic carbocycles. The zero-order valence-electron chi connectivity index (χ0n) is 7.66. The first-order chi connectivity index (χ1) is 6.38. The fourth-order valence-corrected chi connectivity index (χ4v) is 1.60. The van der Waals surface area contributed by atoms with Crippen LogP contribution < -0.4 is 10.2 Å². The lowest BCUT2D eigenvalue weighted by molar-refractivity contribution is 0.648. The Morgan fingerprint density at radius 2 is 2.00 bits per heavy atom. The molecule has 1 heterocycles. The number of hydrogen-bond donors (Lipinski definition) is 1. The van der Waals surface area contributed by atoms with Gasteiger partial charge in [0.2, 0.25) is 0 Å². The predicted octanol–water partition coefficient (Wildman–Crippen LogP) is 1.61. The monoisotopic (exact) mass is 174 g/mol. The molecule has 0 saturated carbocycles. The Morgan fingerprint density at radius 3 is 2.69 bits per heavy atom. The lowest BCUT2D eigenvalue weighted by Gasteiger charge is -2.31. The molecule has 0 aromatic heterocycles. The third kappa shape index (κ3) is 1.73. The summed E-state index contributed by atoms with van der Waals surface area (Å²) < 4.78 is 0. The van der Waals surface area contributed by atoms with Crippen molar-refractivity contribution in [2.24, 2.45) is 0 Å². The first-order valence-corrected chi connectivity index (χ1v) is 4.59. The van der Waals surface area contributed by atoms with Gasteiger partial charge in [-0.1, -0.05) is 24.8 Å². The number of para-hydroxylation sites is 1. The minimum Gasteiger partial charge on any atom is -0.343 e.